The molecule has 0 spiro atoms. The molecule has 1 aliphatic heterocycles. The van der Waals surface area contributed by atoms with E-state index in [1.165, 1.54) is 0 Å². The van der Waals surface area contributed by atoms with E-state index in [1.54, 1.807) is 7.11 Å². The Bertz CT molecular complexity index is 329. The second-order valence-electron chi connectivity index (χ2n) is 4.01. The second kappa shape index (κ2) is 9.40. The molecule has 1 fully saturated rings. The highest BCUT2D eigenvalue weighted by atomic mass is 16.7. The van der Waals surface area contributed by atoms with Crippen molar-refractivity contribution in [1.29, 1.82) is 0 Å². The van der Waals surface area contributed by atoms with Crippen molar-refractivity contribution >= 4 is 17.8 Å². The number of methoxy groups -OCH3 is 1. The van der Waals surface area contributed by atoms with Crippen LogP contribution in [0.1, 0.15) is 19.3 Å². The normalized spacial score (nSPS) is 14.9. The SMILES string of the molecule is COCCOCCOCCC(=O)ON1C(=O)CCC1=O. The number of ether oxygens (including phenoxy) is 3. The third-order valence-corrected chi connectivity index (χ3v) is 2.45. The van der Waals surface area contributed by atoms with E-state index in [2.05, 4.69) is 4.84 Å². The highest BCUT2D eigenvalue weighted by Crippen LogP contribution is 2.12. The minimum atomic E-state index is -0.672. The van der Waals surface area contributed by atoms with Crippen LogP contribution in [0.3, 0.4) is 0 Å². The van der Waals surface area contributed by atoms with Gasteiger partial charge in [0.15, 0.2) is 0 Å². The van der Waals surface area contributed by atoms with Crippen LogP contribution in [0.4, 0.5) is 0 Å². The quantitative estimate of drug-likeness (QED) is 0.401. The van der Waals surface area contributed by atoms with Crippen molar-refractivity contribution < 1.29 is 33.4 Å². The van der Waals surface area contributed by atoms with Crippen molar-refractivity contribution in [3.8, 4) is 0 Å². The molecule has 0 aromatic heterocycles. The van der Waals surface area contributed by atoms with Gasteiger partial charge >= 0.3 is 5.97 Å². The number of hydroxylamine groups is 2. The van der Waals surface area contributed by atoms with E-state index >= 15 is 0 Å². The Morgan fingerprint density at radius 1 is 1.00 bits per heavy atom. The first-order valence-corrected chi connectivity index (χ1v) is 6.36. The predicted octanol–water partition coefficient (Wildman–Crippen LogP) is -0.337. The molecule has 1 rings (SSSR count). The van der Waals surface area contributed by atoms with Crippen LogP contribution in [0.25, 0.3) is 0 Å². The van der Waals surface area contributed by atoms with E-state index in [0.717, 1.165) is 0 Å². The maximum absolute atomic E-state index is 11.4. The third-order valence-electron chi connectivity index (χ3n) is 2.45. The van der Waals surface area contributed by atoms with Crippen molar-refractivity contribution in [2.24, 2.45) is 0 Å². The molecule has 0 aromatic rings. The first-order chi connectivity index (χ1) is 9.65. The molecule has 0 aromatic carbocycles. The average molecular weight is 289 g/mol. The molecule has 8 nitrogen and oxygen atoms in total. The van der Waals surface area contributed by atoms with Gasteiger partial charge in [-0.15, -0.1) is 5.06 Å². The predicted molar refractivity (Wildman–Crippen MR) is 65.3 cm³/mol. The van der Waals surface area contributed by atoms with Gasteiger partial charge in [0.1, 0.15) is 0 Å². The van der Waals surface area contributed by atoms with E-state index < -0.39 is 17.8 Å². The summed E-state index contributed by atoms with van der Waals surface area (Å²) in [5.41, 5.74) is 0. The van der Waals surface area contributed by atoms with Crippen LogP contribution in [-0.2, 0) is 33.4 Å². The van der Waals surface area contributed by atoms with E-state index in [1.807, 2.05) is 0 Å². The van der Waals surface area contributed by atoms with Crippen LogP contribution < -0.4 is 0 Å². The molecule has 0 saturated carbocycles. The van der Waals surface area contributed by atoms with Gasteiger partial charge in [-0.3, -0.25) is 9.59 Å². The molecule has 0 unspecified atom stereocenters. The van der Waals surface area contributed by atoms with Gasteiger partial charge in [0.05, 0.1) is 39.5 Å². The van der Waals surface area contributed by atoms with Crippen molar-refractivity contribution in [2.45, 2.75) is 19.3 Å². The summed E-state index contributed by atoms with van der Waals surface area (Å²) in [5.74, 6) is -1.65. The largest absolute Gasteiger partial charge is 0.382 e. The fraction of sp³-hybridized carbons (Fsp3) is 0.750. The van der Waals surface area contributed by atoms with Gasteiger partial charge in [0.25, 0.3) is 11.8 Å². The summed E-state index contributed by atoms with van der Waals surface area (Å²) in [6.45, 7) is 1.90. The second-order valence-corrected chi connectivity index (χ2v) is 4.01. The fourth-order valence-corrected chi connectivity index (χ4v) is 1.43. The molecular formula is C12H19NO7. The minimum absolute atomic E-state index is 0.0326. The van der Waals surface area contributed by atoms with Crippen LogP contribution >= 0.6 is 0 Å². The molecule has 2 amide bonds. The Morgan fingerprint density at radius 3 is 2.15 bits per heavy atom. The molecule has 114 valence electrons. The van der Waals surface area contributed by atoms with Gasteiger partial charge < -0.3 is 19.0 Å². The van der Waals surface area contributed by atoms with E-state index in [0.29, 0.717) is 31.5 Å². The summed E-state index contributed by atoms with van der Waals surface area (Å²) in [5, 5.41) is 0.524. The van der Waals surface area contributed by atoms with Crippen molar-refractivity contribution in [2.75, 3.05) is 40.1 Å². The Balaban J connectivity index is 2.00. The fourth-order valence-electron chi connectivity index (χ4n) is 1.43. The number of amides is 2. The Labute approximate surface area is 116 Å². The summed E-state index contributed by atoms with van der Waals surface area (Å²) in [6.07, 6.45) is 0.137. The summed E-state index contributed by atoms with van der Waals surface area (Å²) >= 11 is 0. The van der Waals surface area contributed by atoms with Gasteiger partial charge in [0, 0.05) is 20.0 Å². The van der Waals surface area contributed by atoms with Crippen LogP contribution in [0, 0.1) is 0 Å². The lowest BCUT2D eigenvalue weighted by Crippen LogP contribution is -2.32. The lowest BCUT2D eigenvalue weighted by Gasteiger charge is -2.12. The zero-order valence-electron chi connectivity index (χ0n) is 11.5. The molecule has 0 aliphatic carbocycles. The van der Waals surface area contributed by atoms with Gasteiger partial charge in [-0.25, -0.2) is 4.79 Å². The van der Waals surface area contributed by atoms with Crippen LogP contribution in [-0.4, -0.2) is 63.0 Å². The first kappa shape index (κ1) is 16.5. The zero-order chi connectivity index (χ0) is 14.8. The van der Waals surface area contributed by atoms with E-state index in [-0.39, 0.29) is 25.9 Å². The highest BCUT2D eigenvalue weighted by molar-refractivity contribution is 6.01. The van der Waals surface area contributed by atoms with Crippen LogP contribution in [0.5, 0.6) is 0 Å². The van der Waals surface area contributed by atoms with Crippen LogP contribution in [0.2, 0.25) is 0 Å². The van der Waals surface area contributed by atoms with Crippen molar-refractivity contribution in [3.63, 3.8) is 0 Å². The smallest absolute Gasteiger partial charge is 0.335 e. The third kappa shape index (κ3) is 6.09. The molecule has 1 heterocycles. The number of nitrogens with zero attached hydrogens (tertiary/aromatic N) is 1. The Morgan fingerprint density at radius 2 is 1.55 bits per heavy atom. The topological polar surface area (TPSA) is 91.4 Å². The number of hydrogen-bond acceptors (Lipinski definition) is 7. The number of carbonyl (C=O) groups is 3. The van der Waals surface area contributed by atoms with Gasteiger partial charge in [-0.05, 0) is 0 Å². The number of imide groups is 1. The molecule has 8 heteroatoms. The Hall–Kier alpha value is -1.51. The van der Waals surface area contributed by atoms with Gasteiger partial charge in [-0.2, -0.15) is 0 Å². The maximum Gasteiger partial charge on any atom is 0.335 e. The molecule has 1 aliphatic rings. The van der Waals surface area contributed by atoms with E-state index in [4.69, 9.17) is 14.2 Å². The lowest BCUT2D eigenvalue weighted by molar-refractivity contribution is -0.198. The molecule has 1 saturated heterocycles. The molecular weight excluding hydrogens is 270 g/mol. The summed E-state index contributed by atoms with van der Waals surface area (Å²) < 4.78 is 15.1. The average Bonchev–Trinajstić information content (AvgIpc) is 2.73. The minimum Gasteiger partial charge on any atom is -0.382 e. The molecule has 0 atom stereocenters. The van der Waals surface area contributed by atoms with E-state index in [9.17, 15) is 14.4 Å². The summed E-state index contributed by atoms with van der Waals surface area (Å²) in [4.78, 5) is 38.4. The monoisotopic (exact) mass is 289 g/mol. The number of carbonyl (C=O) groups excluding carboxylic acids is 3. The maximum atomic E-state index is 11.4. The standard InChI is InChI=1S/C12H19NO7/c1-17-6-7-19-9-8-18-5-4-12(16)20-13-10(14)2-3-11(13)15/h2-9H2,1H3. The van der Waals surface area contributed by atoms with Gasteiger partial charge in [0.2, 0.25) is 0 Å². The van der Waals surface area contributed by atoms with Crippen molar-refractivity contribution in [3.05, 3.63) is 0 Å². The molecule has 0 N–H and O–H groups in total. The summed E-state index contributed by atoms with van der Waals surface area (Å²) in [6, 6.07) is 0. The molecule has 20 heavy (non-hydrogen) atoms. The molecule has 0 bridgehead atoms. The zero-order valence-corrected chi connectivity index (χ0v) is 11.5. The first-order valence-electron chi connectivity index (χ1n) is 6.36. The summed E-state index contributed by atoms with van der Waals surface area (Å²) in [7, 11) is 1.58. The van der Waals surface area contributed by atoms with Crippen LogP contribution in [0.15, 0.2) is 0 Å². The Kier molecular flexibility index (Phi) is 7.78. The highest BCUT2D eigenvalue weighted by Gasteiger charge is 2.32. The molecule has 0 radical (unpaired) electrons. The van der Waals surface area contributed by atoms with Gasteiger partial charge in [-0.1, -0.05) is 0 Å². The van der Waals surface area contributed by atoms with Crippen molar-refractivity contribution in [1.82, 2.24) is 5.06 Å². The number of rotatable bonds is 10. The lowest BCUT2D eigenvalue weighted by atomic mass is 10.4. The number of hydrogen-bond donors (Lipinski definition) is 0.